The molecule has 1 N–H and O–H groups in total. The van der Waals surface area contributed by atoms with Crippen molar-refractivity contribution in [1.82, 2.24) is 10.2 Å². The lowest BCUT2D eigenvalue weighted by atomic mass is 9.92. The summed E-state index contributed by atoms with van der Waals surface area (Å²) in [6.45, 7) is 9.97. The largest absolute Gasteiger partial charge is 0.444 e. The van der Waals surface area contributed by atoms with Gasteiger partial charge in [0.05, 0.1) is 0 Å². The van der Waals surface area contributed by atoms with Gasteiger partial charge in [-0.15, -0.1) is 0 Å². The van der Waals surface area contributed by atoms with Gasteiger partial charge in [-0.2, -0.15) is 0 Å². The van der Waals surface area contributed by atoms with Crippen LogP contribution < -0.4 is 5.32 Å². The van der Waals surface area contributed by atoms with Gasteiger partial charge >= 0.3 is 6.09 Å². The van der Waals surface area contributed by atoms with Gasteiger partial charge in [-0.05, 0) is 65.3 Å². The lowest BCUT2D eigenvalue weighted by Gasteiger charge is -2.34. The van der Waals surface area contributed by atoms with Crippen LogP contribution in [0.15, 0.2) is 0 Å². The molecule has 1 saturated carbocycles. The van der Waals surface area contributed by atoms with Crippen molar-refractivity contribution in [2.45, 2.75) is 83.9 Å². The maximum absolute atomic E-state index is 12.4. The minimum absolute atomic E-state index is 0.119. The van der Waals surface area contributed by atoms with Gasteiger partial charge in [-0.3, -0.25) is 0 Å². The Morgan fingerprint density at radius 1 is 1.24 bits per heavy atom. The van der Waals surface area contributed by atoms with E-state index in [-0.39, 0.29) is 6.09 Å². The Morgan fingerprint density at radius 2 is 2.00 bits per heavy atom. The van der Waals surface area contributed by atoms with E-state index in [1.807, 2.05) is 25.7 Å². The van der Waals surface area contributed by atoms with E-state index in [1.54, 1.807) is 0 Å². The number of nitrogens with one attached hydrogen (secondary N) is 1. The Hall–Kier alpha value is -0.770. The first-order chi connectivity index (χ1) is 9.92. The maximum Gasteiger partial charge on any atom is 0.410 e. The van der Waals surface area contributed by atoms with Crippen molar-refractivity contribution in [2.75, 3.05) is 13.1 Å². The molecule has 0 aromatic heterocycles. The summed E-state index contributed by atoms with van der Waals surface area (Å²) in [5, 5.41) is 3.69. The number of rotatable bonds is 4. The van der Waals surface area contributed by atoms with Crippen LogP contribution in [0.1, 0.15) is 66.2 Å². The van der Waals surface area contributed by atoms with Crippen molar-refractivity contribution in [3.63, 3.8) is 0 Å². The number of hydrogen-bond acceptors (Lipinski definition) is 3. The molecule has 0 spiro atoms. The van der Waals surface area contributed by atoms with E-state index in [9.17, 15) is 4.79 Å². The molecule has 1 aliphatic carbocycles. The van der Waals surface area contributed by atoms with Gasteiger partial charge in [0.1, 0.15) is 5.60 Å². The first-order valence-corrected chi connectivity index (χ1v) is 8.65. The SMILES string of the molecule is CCCNC1CCCC1C1CCCN1C(=O)OC(C)(C)C. The summed E-state index contributed by atoms with van der Waals surface area (Å²) in [4.78, 5) is 14.4. The summed E-state index contributed by atoms with van der Waals surface area (Å²) in [5.41, 5.74) is -0.403. The highest BCUT2D eigenvalue weighted by atomic mass is 16.6. The van der Waals surface area contributed by atoms with Crippen LogP contribution in [0.3, 0.4) is 0 Å². The van der Waals surface area contributed by atoms with Crippen LogP contribution in [0.5, 0.6) is 0 Å². The van der Waals surface area contributed by atoms with Crippen LogP contribution in [0, 0.1) is 5.92 Å². The zero-order chi connectivity index (χ0) is 15.5. The monoisotopic (exact) mass is 296 g/mol. The fourth-order valence-corrected chi connectivity index (χ4v) is 3.82. The van der Waals surface area contributed by atoms with Gasteiger partial charge in [-0.25, -0.2) is 4.79 Å². The maximum atomic E-state index is 12.4. The van der Waals surface area contributed by atoms with E-state index in [2.05, 4.69) is 12.2 Å². The predicted octanol–water partition coefficient (Wildman–Crippen LogP) is 3.55. The van der Waals surface area contributed by atoms with E-state index in [0.29, 0.717) is 18.0 Å². The molecule has 2 rings (SSSR count). The second kappa shape index (κ2) is 6.99. The van der Waals surface area contributed by atoms with Crippen molar-refractivity contribution in [3.05, 3.63) is 0 Å². The Balaban J connectivity index is 1.99. The van der Waals surface area contributed by atoms with Crippen molar-refractivity contribution >= 4 is 6.09 Å². The predicted molar refractivity (Wildman–Crippen MR) is 85.4 cm³/mol. The number of carbonyl (C=O) groups is 1. The van der Waals surface area contributed by atoms with E-state index < -0.39 is 5.60 Å². The second-order valence-corrected chi connectivity index (χ2v) is 7.54. The molecule has 0 radical (unpaired) electrons. The molecule has 21 heavy (non-hydrogen) atoms. The summed E-state index contributed by atoms with van der Waals surface area (Å²) in [6.07, 6.45) is 7.07. The quantitative estimate of drug-likeness (QED) is 0.862. The third-order valence-electron chi connectivity index (χ3n) is 4.65. The van der Waals surface area contributed by atoms with Gasteiger partial charge in [0.15, 0.2) is 0 Å². The summed E-state index contributed by atoms with van der Waals surface area (Å²) in [6, 6.07) is 0.953. The fraction of sp³-hybridized carbons (Fsp3) is 0.941. The van der Waals surface area contributed by atoms with Crippen molar-refractivity contribution in [2.24, 2.45) is 5.92 Å². The average Bonchev–Trinajstić information content (AvgIpc) is 3.02. The molecule has 122 valence electrons. The molecule has 1 aliphatic heterocycles. The van der Waals surface area contributed by atoms with Gasteiger partial charge < -0.3 is 15.0 Å². The molecular formula is C17H32N2O2. The molecule has 4 nitrogen and oxygen atoms in total. The number of ether oxygens (including phenoxy) is 1. The number of likely N-dealkylation sites (tertiary alicyclic amines) is 1. The van der Waals surface area contributed by atoms with Gasteiger partial charge in [0.25, 0.3) is 0 Å². The highest BCUT2D eigenvalue weighted by molar-refractivity contribution is 5.69. The number of carbonyl (C=O) groups excluding carboxylic acids is 1. The molecule has 0 bridgehead atoms. The lowest BCUT2D eigenvalue weighted by Crippen LogP contribution is -2.47. The third-order valence-corrected chi connectivity index (χ3v) is 4.65. The lowest BCUT2D eigenvalue weighted by molar-refractivity contribution is 0.0167. The summed E-state index contributed by atoms with van der Waals surface area (Å²) in [7, 11) is 0. The molecule has 2 fully saturated rings. The second-order valence-electron chi connectivity index (χ2n) is 7.54. The molecule has 1 amide bonds. The highest BCUT2D eigenvalue weighted by Gasteiger charge is 2.41. The smallest absolute Gasteiger partial charge is 0.410 e. The zero-order valence-electron chi connectivity index (χ0n) is 14.2. The topological polar surface area (TPSA) is 41.6 Å². The Kier molecular flexibility index (Phi) is 5.53. The van der Waals surface area contributed by atoms with Gasteiger partial charge in [-0.1, -0.05) is 13.3 Å². The first kappa shape index (κ1) is 16.6. The molecule has 3 atom stereocenters. The van der Waals surface area contributed by atoms with Crippen LogP contribution >= 0.6 is 0 Å². The summed E-state index contributed by atoms with van der Waals surface area (Å²) in [5.74, 6) is 0.603. The Labute approximate surface area is 129 Å². The van der Waals surface area contributed by atoms with Crippen molar-refractivity contribution in [1.29, 1.82) is 0 Å². The van der Waals surface area contributed by atoms with E-state index in [0.717, 1.165) is 25.9 Å². The molecule has 0 aromatic carbocycles. The van der Waals surface area contributed by atoms with Crippen LogP contribution in [0.25, 0.3) is 0 Å². The number of hydrogen-bond donors (Lipinski definition) is 1. The molecule has 3 unspecified atom stereocenters. The molecule has 1 heterocycles. The Morgan fingerprint density at radius 3 is 2.67 bits per heavy atom. The van der Waals surface area contributed by atoms with Crippen LogP contribution in [0.2, 0.25) is 0 Å². The Bertz CT molecular complexity index is 351. The van der Waals surface area contributed by atoms with Crippen molar-refractivity contribution in [3.8, 4) is 0 Å². The molecule has 0 aromatic rings. The molecular weight excluding hydrogens is 264 g/mol. The van der Waals surface area contributed by atoms with Crippen molar-refractivity contribution < 1.29 is 9.53 Å². The zero-order valence-corrected chi connectivity index (χ0v) is 14.2. The van der Waals surface area contributed by atoms with E-state index >= 15 is 0 Å². The van der Waals surface area contributed by atoms with E-state index in [1.165, 1.54) is 25.7 Å². The molecule has 1 saturated heterocycles. The van der Waals surface area contributed by atoms with Crippen LogP contribution in [0.4, 0.5) is 4.79 Å². The summed E-state index contributed by atoms with van der Waals surface area (Å²) < 4.78 is 5.59. The number of nitrogens with zero attached hydrogens (tertiary/aromatic N) is 1. The fourth-order valence-electron chi connectivity index (χ4n) is 3.82. The van der Waals surface area contributed by atoms with Gasteiger partial charge in [0.2, 0.25) is 0 Å². The highest BCUT2D eigenvalue weighted by Crippen LogP contribution is 2.36. The molecule has 4 heteroatoms. The van der Waals surface area contributed by atoms with Crippen LogP contribution in [-0.4, -0.2) is 41.8 Å². The third kappa shape index (κ3) is 4.35. The number of amides is 1. The minimum Gasteiger partial charge on any atom is -0.444 e. The normalized spacial score (nSPS) is 29.9. The van der Waals surface area contributed by atoms with Gasteiger partial charge in [0, 0.05) is 18.6 Å². The van der Waals surface area contributed by atoms with Crippen LogP contribution in [-0.2, 0) is 4.74 Å². The minimum atomic E-state index is -0.403. The standard InChI is InChI=1S/C17H32N2O2/c1-5-11-18-14-9-6-8-13(14)15-10-7-12-19(15)16(20)21-17(2,3)4/h13-15,18H,5-12H2,1-4H3. The van der Waals surface area contributed by atoms with E-state index in [4.69, 9.17) is 4.74 Å². The summed E-state index contributed by atoms with van der Waals surface area (Å²) >= 11 is 0. The average molecular weight is 296 g/mol. The molecule has 2 aliphatic rings. The first-order valence-electron chi connectivity index (χ1n) is 8.65.